The number of rotatable bonds is 18. The molecular weight excluding hydrogens is 506 g/mol. The Labute approximate surface area is 241 Å². The largest absolute Gasteiger partial charge is 0.460 e. The third-order valence-corrected chi connectivity index (χ3v) is 6.70. The SMILES string of the molecule is CC(C)(C)OC(=O)CCOCCOCCOC1CCC(OCCN(Cc2ccccc2)Cc2ccccc2)CC1. The zero-order valence-electron chi connectivity index (χ0n) is 24.7. The van der Waals surface area contributed by atoms with Crippen LogP contribution in [0.2, 0.25) is 0 Å². The average Bonchev–Trinajstić information content (AvgIpc) is 2.93. The van der Waals surface area contributed by atoms with Gasteiger partial charge in [0.15, 0.2) is 0 Å². The summed E-state index contributed by atoms with van der Waals surface area (Å²) < 4.78 is 28.6. The van der Waals surface area contributed by atoms with Gasteiger partial charge in [-0.1, -0.05) is 60.7 Å². The molecule has 40 heavy (non-hydrogen) atoms. The van der Waals surface area contributed by atoms with Crippen LogP contribution >= 0.6 is 0 Å². The third kappa shape index (κ3) is 14.4. The van der Waals surface area contributed by atoms with Gasteiger partial charge in [-0.25, -0.2) is 0 Å². The van der Waals surface area contributed by atoms with Crippen LogP contribution in [0.15, 0.2) is 60.7 Å². The minimum absolute atomic E-state index is 0.241. The first-order chi connectivity index (χ1) is 19.4. The molecule has 7 heteroatoms. The van der Waals surface area contributed by atoms with Crippen molar-refractivity contribution in [2.75, 3.05) is 46.2 Å². The predicted octanol–water partition coefficient (Wildman–Crippen LogP) is 5.80. The Morgan fingerprint density at radius 3 is 1.70 bits per heavy atom. The van der Waals surface area contributed by atoms with Crippen molar-refractivity contribution in [2.24, 2.45) is 0 Å². The Bertz CT molecular complexity index is 883. The first-order valence-corrected chi connectivity index (χ1v) is 14.8. The molecule has 1 saturated carbocycles. The number of carbonyl (C=O) groups excluding carboxylic acids is 1. The molecule has 0 heterocycles. The van der Waals surface area contributed by atoms with Crippen LogP contribution < -0.4 is 0 Å². The fraction of sp³-hybridized carbons (Fsp3) is 0.606. The van der Waals surface area contributed by atoms with E-state index < -0.39 is 5.60 Å². The van der Waals surface area contributed by atoms with E-state index in [0.717, 1.165) is 51.9 Å². The van der Waals surface area contributed by atoms with Gasteiger partial charge in [0, 0.05) is 19.6 Å². The Hall–Kier alpha value is -2.29. The lowest BCUT2D eigenvalue weighted by Crippen LogP contribution is -2.31. The summed E-state index contributed by atoms with van der Waals surface area (Å²) in [5.74, 6) is -0.241. The van der Waals surface area contributed by atoms with E-state index in [1.807, 2.05) is 20.8 Å². The maximum Gasteiger partial charge on any atom is 0.308 e. The van der Waals surface area contributed by atoms with E-state index >= 15 is 0 Å². The zero-order chi connectivity index (χ0) is 28.5. The molecule has 0 unspecified atom stereocenters. The Kier molecular flexibility index (Phi) is 14.7. The second-order valence-corrected chi connectivity index (χ2v) is 11.4. The number of hydrogen-bond donors (Lipinski definition) is 0. The number of hydrogen-bond acceptors (Lipinski definition) is 7. The fourth-order valence-corrected chi connectivity index (χ4v) is 4.76. The highest BCUT2D eigenvalue weighted by Crippen LogP contribution is 2.23. The molecule has 0 atom stereocenters. The van der Waals surface area contributed by atoms with E-state index in [0.29, 0.717) is 39.1 Å². The van der Waals surface area contributed by atoms with E-state index in [9.17, 15) is 4.79 Å². The number of esters is 1. The molecule has 0 spiro atoms. The van der Waals surface area contributed by atoms with Crippen molar-refractivity contribution in [1.29, 1.82) is 0 Å². The smallest absolute Gasteiger partial charge is 0.308 e. The van der Waals surface area contributed by atoms with E-state index in [4.69, 9.17) is 23.7 Å². The molecule has 0 saturated heterocycles. The molecule has 0 aliphatic heterocycles. The third-order valence-electron chi connectivity index (χ3n) is 6.70. The summed E-state index contributed by atoms with van der Waals surface area (Å²) in [6.45, 7) is 11.5. The number of nitrogens with zero attached hydrogens (tertiary/aromatic N) is 1. The van der Waals surface area contributed by atoms with Crippen molar-refractivity contribution in [3.8, 4) is 0 Å². The number of benzene rings is 2. The number of carbonyl (C=O) groups is 1. The molecule has 2 aromatic carbocycles. The molecule has 0 aromatic heterocycles. The maximum atomic E-state index is 11.6. The summed E-state index contributed by atoms with van der Waals surface area (Å²) in [5, 5.41) is 0. The van der Waals surface area contributed by atoms with Crippen LogP contribution in [0.4, 0.5) is 0 Å². The lowest BCUT2D eigenvalue weighted by Gasteiger charge is -2.30. The van der Waals surface area contributed by atoms with Crippen LogP contribution in [0.1, 0.15) is 64.0 Å². The lowest BCUT2D eigenvalue weighted by atomic mass is 9.95. The van der Waals surface area contributed by atoms with Gasteiger partial charge >= 0.3 is 5.97 Å². The van der Waals surface area contributed by atoms with Gasteiger partial charge in [-0.05, 0) is 57.6 Å². The highest BCUT2D eigenvalue weighted by atomic mass is 16.6. The van der Waals surface area contributed by atoms with Gasteiger partial charge < -0.3 is 23.7 Å². The van der Waals surface area contributed by atoms with Gasteiger partial charge in [-0.3, -0.25) is 9.69 Å². The van der Waals surface area contributed by atoms with Crippen molar-refractivity contribution in [3.63, 3.8) is 0 Å². The summed E-state index contributed by atoms with van der Waals surface area (Å²) >= 11 is 0. The monoisotopic (exact) mass is 555 g/mol. The minimum atomic E-state index is -0.459. The molecule has 222 valence electrons. The Balaban J connectivity index is 1.21. The molecule has 2 aromatic rings. The van der Waals surface area contributed by atoms with Gasteiger partial charge in [-0.2, -0.15) is 0 Å². The van der Waals surface area contributed by atoms with Gasteiger partial charge in [0.25, 0.3) is 0 Å². The Morgan fingerprint density at radius 1 is 0.700 bits per heavy atom. The fourth-order valence-electron chi connectivity index (χ4n) is 4.76. The lowest BCUT2D eigenvalue weighted by molar-refractivity contribution is -0.156. The Morgan fingerprint density at radius 2 is 1.18 bits per heavy atom. The predicted molar refractivity (Wildman–Crippen MR) is 157 cm³/mol. The summed E-state index contributed by atoms with van der Waals surface area (Å²) in [7, 11) is 0. The average molecular weight is 556 g/mol. The van der Waals surface area contributed by atoms with Crippen LogP contribution in [-0.4, -0.2) is 74.9 Å². The quantitative estimate of drug-likeness (QED) is 0.170. The zero-order valence-corrected chi connectivity index (χ0v) is 24.7. The van der Waals surface area contributed by atoms with Gasteiger partial charge in [0.1, 0.15) is 5.60 Å². The molecular formula is C33H49NO6. The van der Waals surface area contributed by atoms with Crippen molar-refractivity contribution in [3.05, 3.63) is 71.8 Å². The molecule has 0 bridgehead atoms. The van der Waals surface area contributed by atoms with Crippen LogP contribution in [-0.2, 0) is 41.6 Å². The van der Waals surface area contributed by atoms with Crippen molar-refractivity contribution in [2.45, 2.75) is 83.8 Å². The molecule has 0 N–H and O–H groups in total. The highest BCUT2D eigenvalue weighted by Gasteiger charge is 2.22. The summed E-state index contributed by atoms with van der Waals surface area (Å²) in [6, 6.07) is 21.3. The number of ether oxygens (including phenoxy) is 5. The molecule has 7 nitrogen and oxygen atoms in total. The highest BCUT2D eigenvalue weighted by molar-refractivity contribution is 5.69. The van der Waals surface area contributed by atoms with Crippen LogP contribution in [0.3, 0.4) is 0 Å². The van der Waals surface area contributed by atoms with Crippen LogP contribution in [0, 0.1) is 0 Å². The molecule has 0 radical (unpaired) electrons. The summed E-state index contributed by atoms with van der Waals surface area (Å²) in [6.07, 6.45) is 4.96. The van der Waals surface area contributed by atoms with E-state index in [1.54, 1.807) is 0 Å². The minimum Gasteiger partial charge on any atom is -0.460 e. The first-order valence-electron chi connectivity index (χ1n) is 14.8. The van der Waals surface area contributed by atoms with Crippen molar-refractivity contribution < 1.29 is 28.5 Å². The maximum absolute atomic E-state index is 11.6. The van der Waals surface area contributed by atoms with Crippen molar-refractivity contribution in [1.82, 2.24) is 4.90 Å². The standard InChI is InChI=1S/C33H49NO6/c1-33(2,3)40-32(35)18-20-36-22-23-37-24-25-39-31-16-14-30(15-17-31)38-21-19-34(26-28-10-6-4-7-11-28)27-29-12-8-5-9-13-29/h4-13,30-31H,14-27H2,1-3H3. The van der Waals surface area contributed by atoms with E-state index in [-0.39, 0.29) is 18.5 Å². The second-order valence-electron chi connectivity index (χ2n) is 11.4. The molecule has 1 aliphatic carbocycles. The topological polar surface area (TPSA) is 66.5 Å². The normalized spacial score (nSPS) is 17.7. The van der Waals surface area contributed by atoms with Gasteiger partial charge in [0.05, 0.1) is 58.3 Å². The van der Waals surface area contributed by atoms with E-state index in [1.165, 1.54) is 11.1 Å². The van der Waals surface area contributed by atoms with Crippen LogP contribution in [0.5, 0.6) is 0 Å². The van der Waals surface area contributed by atoms with E-state index in [2.05, 4.69) is 65.6 Å². The van der Waals surface area contributed by atoms with Gasteiger partial charge in [0.2, 0.25) is 0 Å². The molecule has 3 rings (SSSR count). The second kappa shape index (κ2) is 18.2. The van der Waals surface area contributed by atoms with Gasteiger partial charge in [-0.15, -0.1) is 0 Å². The first kappa shape index (κ1) is 32.2. The summed E-state index contributed by atoms with van der Waals surface area (Å²) in [5.41, 5.74) is 2.19. The molecule has 1 fully saturated rings. The summed E-state index contributed by atoms with van der Waals surface area (Å²) in [4.78, 5) is 14.1. The molecule has 0 amide bonds. The molecule has 1 aliphatic rings. The van der Waals surface area contributed by atoms with Crippen LogP contribution in [0.25, 0.3) is 0 Å². The van der Waals surface area contributed by atoms with Crippen molar-refractivity contribution >= 4 is 5.97 Å².